The van der Waals surface area contributed by atoms with Crippen molar-refractivity contribution in [3.05, 3.63) is 83.3 Å². The van der Waals surface area contributed by atoms with Crippen molar-refractivity contribution in [2.75, 3.05) is 0 Å². The maximum Gasteiger partial charge on any atom is 0.251 e. The van der Waals surface area contributed by atoms with Crippen molar-refractivity contribution in [1.82, 2.24) is 24.9 Å². The van der Waals surface area contributed by atoms with E-state index in [1.165, 1.54) is 5.56 Å². The highest BCUT2D eigenvalue weighted by molar-refractivity contribution is 5.94. The van der Waals surface area contributed by atoms with Gasteiger partial charge in [0.2, 0.25) is 0 Å². The number of nitrogens with zero attached hydrogens (tertiary/aromatic N) is 4. The average Bonchev–Trinajstić information content (AvgIpc) is 3.28. The molecule has 0 spiro atoms. The number of carbonyl (C=O) groups excluding carboxylic acids is 1. The van der Waals surface area contributed by atoms with Crippen molar-refractivity contribution in [1.29, 1.82) is 0 Å². The topological polar surface area (TPSA) is 64.7 Å². The van der Waals surface area contributed by atoms with E-state index in [1.54, 1.807) is 6.20 Å². The molecule has 0 fully saturated rings. The first kappa shape index (κ1) is 17.0. The van der Waals surface area contributed by atoms with Crippen LogP contribution in [0.1, 0.15) is 27.2 Å². The van der Waals surface area contributed by atoms with E-state index in [4.69, 9.17) is 0 Å². The summed E-state index contributed by atoms with van der Waals surface area (Å²) < 4.78 is 3.68. The molecule has 0 unspecified atom stereocenters. The summed E-state index contributed by atoms with van der Waals surface area (Å²) in [5.74, 6) is -0.108. The molecule has 0 aliphatic carbocycles. The average molecular weight is 359 g/mol. The standard InChI is InChI=1S/C21H21N5O/c1-15-7-8-20-18(11-15)19(24-25(20)2)13-22-21(27)17-6-3-5-16(12-17)14-26-10-4-9-23-26/h3-12H,13-14H2,1-2H3,(H,22,27). The first-order chi connectivity index (χ1) is 13.1. The van der Waals surface area contributed by atoms with Gasteiger partial charge >= 0.3 is 0 Å². The summed E-state index contributed by atoms with van der Waals surface area (Å²) in [6, 6.07) is 15.7. The van der Waals surface area contributed by atoms with Crippen LogP contribution >= 0.6 is 0 Å². The molecule has 0 aliphatic rings. The molecule has 2 heterocycles. The Hall–Kier alpha value is -3.41. The molecule has 0 saturated carbocycles. The van der Waals surface area contributed by atoms with Gasteiger partial charge in [-0.15, -0.1) is 0 Å². The maximum atomic E-state index is 12.6. The molecule has 0 bridgehead atoms. The Kier molecular flexibility index (Phi) is 4.46. The lowest BCUT2D eigenvalue weighted by Crippen LogP contribution is -2.23. The molecule has 6 nitrogen and oxygen atoms in total. The number of amides is 1. The van der Waals surface area contributed by atoms with Gasteiger partial charge in [-0.05, 0) is 42.8 Å². The molecule has 2 aromatic carbocycles. The fourth-order valence-corrected chi connectivity index (χ4v) is 3.24. The Morgan fingerprint density at radius 3 is 2.85 bits per heavy atom. The SMILES string of the molecule is Cc1ccc2c(c1)c(CNC(=O)c1cccc(Cn3cccn3)c1)nn2C. The molecule has 1 amide bonds. The van der Waals surface area contributed by atoms with Gasteiger partial charge in [-0.1, -0.05) is 23.8 Å². The second-order valence-corrected chi connectivity index (χ2v) is 6.68. The van der Waals surface area contributed by atoms with Crippen LogP contribution in [0, 0.1) is 6.92 Å². The molecule has 4 rings (SSSR count). The Balaban J connectivity index is 1.49. The Bertz CT molecular complexity index is 1100. The summed E-state index contributed by atoms with van der Waals surface area (Å²) in [5, 5.41) is 12.8. The van der Waals surface area contributed by atoms with E-state index in [9.17, 15) is 4.79 Å². The van der Waals surface area contributed by atoms with Crippen LogP contribution in [0.2, 0.25) is 0 Å². The van der Waals surface area contributed by atoms with E-state index in [1.807, 2.05) is 52.9 Å². The number of fused-ring (bicyclic) bond motifs is 1. The van der Waals surface area contributed by atoms with Crippen molar-refractivity contribution >= 4 is 16.8 Å². The van der Waals surface area contributed by atoms with Crippen molar-refractivity contribution in [3.8, 4) is 0 Å². The first-order valence-electron chi connectivity index (χ1n) is 8.87. The van der Waals surface area contributed by atoms with Gasteiger partial charge in [-0.25, -0.2) is 0 Å². The quantitative estimate of drug-likeness (QED) is 0.596. The number of benzene rings is 2. The lowest BCUT2D eigenvalue weighted by Gasteiger charge is -2.07. The summed E-state index contributed by atoms with van der Waals surface area (Å²) in [5.41, 5.74) is 4.78. The van der Waals surface area contributed by atoms with E-state index in [-0.39, 0.29) is 5.91 Å². The minimum absolute atomic E-state index is 0.108. The van der Waals surface area contributed by atoms with Crippen LogP contribution in [0.15, 0.2) is 60.9 Å². The predicted octanol–water partition coefficient (Wildman–Crippen LogP) is 3.06. The van der Waals surface area contributed by atoms with Crippen LogP contribution in [0.25, 0.3) is 10.9 Å². The molecule has 2 aromatic heterocycles. The Morgan fingerprint density at radius 1 is 1.15 bits per heavy atom. The third-order valence-corrected chi connectivity index (χ3v) is 4.59. The van der Waals surface area contributed by atoms with Gasteiger partial charge in [0.1, 0.15) is 0 Å². The number of nitrogens with one attached hydrogen (secondary N) is 1. The molecule has 0 saturated heterocycles. The van der Waals surface area contributed by atoms with Crippen LogP contribution in [0.3, 0.4) is 0 Å². The summed E-state index contributed by atoms with van der Waals surface area (Å²) in [4.78, 5) is 12.6. The summed E-state index contributed by atoms with van der Waals surface area (Å²) in [6.45, 7) is 3.08. The van der Waals surface area contributed by atoms with Gasteiger partial charge in [0.25, 0.3) is 5.91 Å². The lowest BCUT2D eigenvalue weighted by molar-refractivity contribution is 0.0950. The fraction of sp³-hybridized carbons (Fsp3) is 0.190. The monoisotopic (exact) mass is 359 g/mol. The highest BCUT2D eigenvalue weighted by Crippen LogP contribution is 2.19. The molecule has 0 radical (unpaired) electrons. The van der Waals surface area contributed by atoms with E-state index < -0.39 is 0 Å². The molecule has 0 atom stereocenters. The smallest absolute Gasteiger partial charge is 0.251 e. The van der Waals surface area contributed by atoms with Crippen LogP contribution < -0.4 is 5.32 Å². The number of aromatic nitrogens is 4. The Labute approximate surface area is 157 Å². The normalized spacial score (nSPS) is 11.0. The molecular formula is C21H21N5O. The zero-order valence-corrected chi connectivity index (χ0v) is 15.4. The zero-order valence-electron chi connectivity index (χ0n) is 15.4. The molecule has 6 heteroatoms. The first-order valence-corrected chi connectivity index (χ1v) is 8.87. The predicted molar refractivity (Wildman–Crippen MR) is 104 cm³/mol. The number of hydrogen-bond donors (Lipinski definition) is 1. The van der Waals surface area contributed by atoms with Crippen molar-refractivity contribution in [2.24, 2.45) is 7.05 Å². The fourth-order valence-electron chi connectivity index (χ4n) is 3.24. The van der Waals surface area contributed by atoms with Crippen LogP contribution in [0.5, 0.6) is 0 Å². The second-order valence-electron chi connectivity index (χ2n) is 6.68. The lowest BCUT2D eigenvalue weighted by atomic mass is 10.1. The van der Waals surface area contributed by atoms with Crippen LogP contribution in [0.4, 0.5) is 0 Å². The summed E-state index contributed by atoms with van der Waals surface area (Å²) >= 11 is 0. The molecular weight excluding hydrogens is 338 g/mol. The van der Waals surface area contributed by atoms with E-state index in [2.05, 4.69) is 40.6 Å². The van der Waals surface area contributed by atoms with Crippen molar-refractivity contribution in [2.45, 2.75) is 20.0 Å². The molecule has 136 valence electrons. The second kappa shape index (κ2) is 7.07. The van der Waals surface area contributed by atoms with Crippen LogP contribution in [-0.2, 0) is 20.1 Å². The summed E-state index contributed by atoms with van der Waals surface area (Å²) in [7, 11) is 1.92. The number of rotatable bonds is 5. The number of carbonyl (C=O) groups is 1. The van der Waals surface area contributed by atoms with Crippen molar-refractivity contribution in [3.63, 3.8) is 0 Å². The van der Waals surface area contributed by atoms with Gasteiger partial charge < -0.3 is 5.32 Å². The van der Waals surface area contributed by atoms with Gasteiger partial charge in [0, 0.05) is 30.4 Å². The third-order valence-electron chi connectivity index (χ3n) is 4.59. The van der Waals surface area contributed by atoms with Crippen LogP contribution in [-0.4, -0.2) is 25.5 Å². The van der Waals surface area contributed by atoms with Gasteiger partial charge in [-0.3, -0.25) is 14.2 Å². The van der Waals surface area contributed by atoms with E-state index in [0.29, 0.717) is 18.7 Å². The largest absolute Gasteiger partial charge is 0.346 e. The zero-order chi connectivity index (χ0) is 18.8. The van der Waals surface area contributed by atoms with Gasteiger partial charge in [-0.2, -0.15) is 10.2 Å². The highest BCUT2D eigenvalue weighted by atomic mass is 16.1. The number of hydrogen-bond acceptors (Lipinski definition) is 3. The molecule has 27 heavy (non-hydrogen) atoms. The molecule has 4 aromatic rings. The van der Waals surface area contributed by atoms with Gasteiger partial charge in [0.15, 0.2) is 0 Å². The Morgan fingerprint density at radius 2 is 2.04 bits per heavy atom. The van der Waals surface area contributed by atoms with Gasteiger partial charge in [0.05, 0.1) is 24.3 Å². The van der Waals surface area contributed by atoms with E-state index >= 15 is 0 Å². The van der Waals surface area contributed by atoms with E-state index in [0.717, 1.165) is 22.2 Å². The maximum absolute atomic E-state index is 12.6. The molecule has 0 aliphatic heterocycles. The molecule has 1 N–H and O–H groups in total. The highest BCUT2D eigenvalue weighted by Gasteiger charge is 2.11. The third kappa shape index (κ3) is 3.60. The summed E-state index contributed by atoms with van der Waals surface area (Å²) in [6.07, 6.45) is 3.65. The minimum Gasteiger partial charge on any atom is -0.346 e. The minimum atomic E-state index is -0.108. The van der Waals surface area contributed by atoms with Crippen molar-refractivity contribution < 1.29 is 4.79 Å². The number of aryl methyl sites for hydroxylation is 2.